The number of anilines is 2. The van der Waals surface area contributed by atoms with Gasteiger partial charge >= 0.3 is 0 Å². The Morgan fingerprint density at radius 2 is 1.85 bits per heavy atom. The molecular formula is C5H8Cl2N6. The van der Waals surface area contributed by atoms with E-state index in [1.165, 1.54) is 6.33 Å². The number of H-pyrrole nitrogens is 1. The summed E-state index contributed by atoms with van der Waals surface area (Å²) >= 11 is 0. The molecule has 0 aliphatic rings. The second kappa shape index (κ2) is 4.11. The van der Waals surface area contributed by atoms with E-state index in [-0.39, 0.29) is 24.8 Å². The van der Waals surface area contributed by atoms with Crippen molar-refractivity contribution in [2.45, 2.75) is 0 Å². The van der Waals surface area contributed by atoms with E-state index in [1.807, 2.05) is 0 Å². The van der Waals surface area contributed by atoms with Crippen molar-refractivity contribution in [3.05, 3.63) is 6.33 Å². The fourth-order valence-corrected chi connectivity index (χ4v) is 0.864. The first-order chi connectivity index (χ1) is 5.27. The van der Waals surface area contributed by atoms with Crippen molar-refractivity contribution >= 4 is 47.7 Å². The SMILES string of the molecule is Cl.Cl.Nc1nc2ncnc(N)c2[nH]1. The molecule has 0 saturated carbocycles. The van der Waals surface area contributed by atoms with Crippen LogP contribution >= 0.6 is 24.8 Å². The summed E-state index contributed by atoms with van der Waals surface area (Å²) in [5.74, 6) is 0.659. The van der Waals surface area contributed by atoms with Gasteiger partial charge in [-0.25, -0.2) is 9.97 Å². The van der Waals surface area contributed by atoms with Crippen LogP contribution in [0.25, 0.3) is 11.2 Å². The lowest BCUT2D eigenvalue weighted by Gasteiger charge is -1.89. The minimum Gasteiger partial charge on any atom is -0.382 e. The van der Waals surface area contributed by atoms with Gasteiger partial charge in [-0.2, -0.15) is 4.98 Å². The number of nitrogens with two attached hydrogens (primary N) is 2. The Morgan fingerprint density at radius 3 is 2.46 bits per heavy atom. The summed E-state index contributed by atoms with van der Waals surface area (Å²) in [5, 5.41) is 0. The van der Waals surface area contributed by atoms with Crippen LogP contribution in [0, 0.1) is 0 Å². The number of nitrogen functional groups attached to an aromatic ring is 2. The van der Waals surface area contributed by atoms with Crippen molar-refractivity contribution in [3.63, 3.8) is 0 Å². The number of hydrogen-bond donors (Lipinski definition) is 3. The first-order valence-electron chi connectivity index (χ1n) is 2.99. The van der Waals surface area contributed by atoms with Gasteiger partial charge in [0.1, 0.15) is 11.8 Å². The molecule has 13 heavy (non-hydrogen) atoms. The molecule has 0 aromatic carbocycles. The van der Waals surface area contributed by atoms with E-state index >= 15 is 0 Å². The van der Waals surface area contributed by atoms with Crippen LogP contribution in [0.1, 0.15) is 0 Å². The van der Waals surface area contributed by atoms with Crippen molar-refractivity contribution in [1.29, 1.82) is 0 Å². The van der Waals surface area contributed by atoms with E-state index in [4.69, 9.17) is 11.5 Å². The van der Waals surface area contributed by atoms with Crippen molar-refractivity contribution in [2.75, 3.05) is 11.5 Å². The molecule has 0 unspecified atom stereocenters. The molecule has 0 aliphatic heterocycles. The normalized spacial score (nSPS) is 8.92. The molecule has 72 valence electrons. The molecule has 0 atom stereocenters. The summed E-state index contributed by atoms with van der Waals surface area (Å²) in [6, 6.07) is 0. The number of aromatic amines is 1. The van der Waals surface area contributed by atoms with E-state index in [1.54, 1.807) is 0 Å². The number of imidazole rings is 1. The minimum absolute atomic E-state index is 0. The Hall–Kier alpha value is -1.27. The summed E-state index contributed by atoms with van der Waals surface area (Å²) in [6.45, 7) is 0. The van der Waals surface area contributed by atoms with Crippen LogP contribution in [0.2, 0.25) is 0 Å². The maximum Gasteiger partial charge on any atom is 0.200 e. The van der Waals surface area contributed by atoms with Gasteiger partial charge in [-0.1, -0.05) is 0 Å². The van der Waals surface area contributed by atoms with Crippen LogP contribution in [0.15, 0.2) is 6.33 Å². The highest BCUT2D eigenvalue weighted by Gasteiger charge is 2.03. The van der Waals surface area contributed by atoms with Crippen LogP contribution in [0.3, 0.4) is 0 Å². The summed E-state index contributed by atoms with van der Waals surface area (Å²) in [4.78, 5) is 14.2. The lowest BCUT2D eigenvalue weighted by atomic mass is 10.5. The monoisotopic (exact) mass is 222 g/mol. The number of aromatic nitrogens is 4. The fraction of sp³-hybridized carbons (Fsp3) is 0. The molecule has 6 nitrogen and oxygen atoms in total. The fourth-order valence-electron chi connectivity index (χ4n) is 0.864. The number of nitrogens with one attached hydrogen (secondary N) is 1. The maximum atomic E-state index is 5.49. The number of fused-ring (bicyclic) bond motifs is 1. The topological polar surface area (TPSA) is 106 Å². The predicted octanol–water partition coefficient (Wildman–Crippen LogP) is 0.361. The van der Waals surface area contributed by atoms with Crippen molar-refractivity contribution in [1.82, 2.24) is 19.9 Å². The molecule has 0 spiro atoms. The summed E-state index contributed by atoms with van der Waals surface area (Å²) in [7, 11) is 0. The van der Waals surface area contributed by atoms with Gasteiger partial charge in [0.2, 0.25) is 0 Å². The number of nitrogens with zero attached hydrogens (tertiary/aromatic N) is 3. The number of hydrogen-bond acceptors (Lipinski definition) is 5. The standard InChI is InChI=1S/C5H6N6.2ClH/c6-3-2-4(9-1-8-3)11-5(7)10-2;;/h1H,(H5,6,7,8,9,10,11);2*1H. The summed E-state index contributed by atoms with van der Waals surface area (Å²) in [5.41, 5.74) is 11.9. The molecule has 2 heterocycles. The molecule has 0 aliphatic carbocycles. The molecule has 0 amide bonds. The lowest BCUT2D eigenvalue weighted by Crippen LogP contribution is -1.91. The second-order valence-corrected chi connectivity index (χ2v) is 2.08. The molecule has 8 heteroatoms. The van der Waals surface area contributed by atoms with E-state index < -0.39 is 0 Å². The van der Waals surface area contributed by atoms with Crippen LogP contribution in [0.4, 0.5) is 11.8 Å². The quantitative estimate of drug-likeness (QED) is 0.597. The van der Waals surface area contributed by atoms with Crippen LogP contribution in [-0.2, 0) is 0 Å². The summed E-state index contributed by atoms with van der Waals surface area (Å²) < 4.78 is 0. The van der Waals surface area contributed by atoms with Gasteiger partial charge in [-0.3, -0.25) is 0 Å². The highest BCUT2D eigenvalue weighted by atomic mass is 35.5. The molecule has 0 saturated heterocycles. The Labute approximate surface area is 86.0 Å². The van der Waals surface area contributed by atoms with Gasteiger partial charge in [0.15, 0.2) is 17.4 Å². The molecular weight excluding hydrogens is 215 g/mol. The van der Waals surface area contributed by atoms with Gasteiger partial charge in [0.05, 0.1) is 0 Å². The van der Waals surface area contributed by atoms with Crippen LogP contribution < -0.4 is 11.5 Å². The zero-order valence-electron chi connectivity index (χ0n) is 6.39. The number of rotatable bonds is 0. The van der Waals surface area contributed by atoms with Crippen molar-refractivity contribution in [2.24, 2.45) is 0 Å². The Kier molecular flexibility index (Phi) is 3.70. The van der Waals surface area contributed by atoms with E-state index in [0.717, 1.165) is 0 Å². The molecule has 2 rings (SSSR count). The third kappa shape index (κ3) is 1.90. The molecule has 0 radical (unpaired) electrons. The van der Waals surface area contributed by atoms with Crippen LogP contribution in [0.5, 0.6) is 0 Å². The summed E-state index contributed by atoms with van der Waals surface area (Å²) in [6.07, 6.45) is 1.35. The average Bonchev–Trinajstić information content (AvgIpc) is 2.31. The zero-order valence-corrected chi connectivity index (χ0v) is 8.02. The van der Waals surface area contributed by atoms with E-state index in [9.17, 15) is 0 Å². The van der Waals surface area contributed by atoms with E-state index in [2.05, 4.69) is 19.9 Å². The van der Waals surface area contributed by atoms with Gasteiger partial charge in [-0.15, -0.1) is 24.8 Å². The zero-order chi connectivity index (χ0) is 7.84. The maximum absolute atomic E-state index is 5.49. The Balaban J connectivity index is 0.000000720. The molecule has 5 N–H and O–H groups in total. The Bertz CT molecular complexity index is 399. The van der Waals surface area contributed by atoms with Crippen molar-refractivity contribution < 1.29 is 0 Å². The largest absolute Gasteiger partial charge is 0.382 e. The van der Waals surface area contributed by atoms with Crippen LogP contribution in [-0.4, -0.2) is 19.9 Å². The molecule has 0 bridgehead atoms. The minimum atomic E-state index is 0. The third-order valence-electron chi connectivity index (χ3n) is 1.34. The molecule has 0 fully saturated rings. The predicted molar refractivity (Wildman–Crippen MR) is 55.0 cm³/mol. The molecule has 2 aromatic rings. The highest BCUT2D eigenvalue weighted by molar-refractivity contribution is 5.85. The third-order valence-corrected chi connectivity index (χ3v) is 1.34. The van der Waals surface area contributed by atoms with Gasteiger partial charge in [-0.05, 0) is 0 Å². The van der Waals surface area contributed by atoms with Crippen molar-refractivity contribution in [3.8, 4) is 0 Å². The number of halogens is 2. The smallest absolute Gasteiger partial charge is 0.200 e. The first-order valence-corrected chi connectivity index (χ1v) is 2.99. The first kappa shape index (κ1) is 11.7. The second-order valence-electron chi connectivity index (χ2n) is 2.08. The van der Waals surface area contributed by atoms with Gasteiger partial charge in [0, 0.05) is 0 Å². The lowest BCUT2D eigenvalue weighted by molar-refractivity contribution is 1.21. The van der Waals surface area contributed by atoms with Gasteiger partial charge in [0.25, 0.3) is 0 Å². The highest BCUT2D eigenvalue weighted by Crippen LogP contribution is 2.13. The van der Waals surface area contributed by atoms with E-state index in [0.29, 0.717) is 22.9 Å². The average molecular weight is 223 g/mol. The Morgan fingerprint density at radius 1 is 1.15 bits per heavy atom. The molecule has 2 aromatic heterocycles. The van der Waals surface area contributed by atoms with Gasteiger partial charge < -0.3 is 16.5 Å².